The lowest BCUT2D eigenvalue weighted by Crippen LogP contribution is -2.10. The van der Waals surface area contributed by atoms with E-state index in [1.807, 2.05) is 37.3 Å². The van der Waals surface area contributed by atoms with Crippen LogP contribution in [0, 0.1) is 12.7 Å². The van der Waals surface area contributed by atoms with E-state index in [4.69, 9.17) is 4.74 Å². The maximum absolute atomic E-state index is 13.7. The third-order valence-electron chi connectivity index (χ3n) is 3.04. The third-order valence-corrected chi connectivity index (χ3v) is 3.04. The number of halogens is 1. The largest absolute Gasteiger partial charge is 0.454 e. The first-order valence-electron chi connectivity index (χ1n) is 6.41. The van der Waals surface area contributed by atoms with Crippen molar-refractivity contribution < 1.29 is 9.13 Å². The fourth-order valence-corrected chi connectivity index (χ4v) is 1.84. The monoisotopic (exact) mass is 258 g/mol. The Morgan fingerprint density at radius 3 is 2.11 bits per heavy atom. The SMILES string of the molecule is Cc1ccc(Oc2ccc(C(C)(C)C)cc2)c(F)c1. The van der Waals surface area contributed by atoms with Crippen LogP contribution in [-0.4, -0.2) is 0 Å². The van der Waals surface area contributed by atoms with Gasteiger partial charge in [0, 0.05) is 0 Å². The summed E-state index contributed by atoms with van der Waals surface area (Å²) < 4.78 is 19.2. The molecule has 0 fully saturated rings. The first-order chi connectivity index (χ1) is 8.86. The van der Waals surface area contributed by atoms with Crippen molar-refractivity contribution in [1.29, 1.82) is 0 Å². The summed E-state index contributed by atoms with van der Waals surface area (Å²) in [6, 6.07) is 12.7. The van der Waals surface area contributed by atoms with Crippen LogP contribution in [0.2, 0.25) is 0 Å². The number of aryl methyl sites for hydroxylation is 1. The number of rotatable bonds is 2. The van der Waals surface area contributed by atoms with Crippen LogP contribution in [0.4, 0.5) is 4.39 Å². The van der Waals surface area contributed by atoms with E-state index in [0.717, 1.165) is 5.56 Å². The van der Waals surface area contributed by atoms with Crippen LogP contribution in [0.15, 0.2) is 42.5 Å². The van der Waals surface area contributed by atoms with Crippen molar-refractivity contribution in [2.24, 2.45) is 0 Å². The van der Waals surface area contributed by atoms with Gasteiger partial charge in [-0.3, -0.25) is 0 Å². The summed E-state index contributed by atoms with van der Waals surface area (Å²) in [4.78, 5) is 0. The normalized spacial score (nSPS) is 11.4. The van der Waals surface area contributed by atoms with E-state index in [1.54, 1.807) is 6.07 Å². The molecule has 0 aliphatic rings. The minimum absolute atomic E-state index is 0.105. The van der Waals surface area contributed by atoms with Crippen molar-refractivity contribution in [2.45, 2.75) is 33.1 Å². The highest BCUT2D eigenvalue weighted by Gasteiger charge is 2.13. The second-order valence-electron chi connectivity index (χ2n) is 5.81. The summed E-state index contributed by atoms with van der Waals surface area (Å²) in [6.07, 6.45) is 0. The quantitative estimate of drug-likeness (QED) is 0.717. The van der Waals surface area contributed by atoms with Crippen molar-refractivity contribution in [2.75, 3.05) is 0 Å². The van der Waals surface area contributed by atoms with Crippen LogP contribution in [0.25, 0.3) is 0 Å². The number of benzene rings is 2. The van der Waals surface area contributed by atoms with E-state index >= 15 is 0 Å². The summed E-state index contributed by atoms with van der Waals surface area (Å²) in [5.74, 6) is 0.574. The Labute approximate surface area is 114 Å². The first kappa shape index (κ1) is 13.6. The summed E-state index contributed by atoms with van der Waals surface area (Å²) >= 11 is 0. The summed E-state index contributed by atoms with van der Waals surface area (Å²) in [5.41, 5.74) is 2.21. The smallest absolute Gasteiger partial charge is 0.165 e. The third kappa shape index (κ3) is 3.34. The molecular formula is C17H19FO. The van der Waals surface area contributed by atoms with Gasteiger partial charge in [-0.25, -0.2) is 4.39 Å². The molecular weight excluding hydrogens is 239 g/mol. The topological polar surface area (TPSA) is 9.23 Å². The van der Waals surface area contributed by atoms with E-state index in [-0.39, 0.29) is 17.0 Å². The lowest BCUT2D eigenvalue weighted by atomic mass is 9.87. The van der Waals surface area contributed by atoms with Crippen LogP contribution in [0.1, 0.15) is 31.9 Å². The Kier molecular flexibility index (Phi) is 3.61. The molecule has 2 heteroatoms. The van der Waals surface area contributed by atoms with Crippen molar-refractivity contribution in [3.05, 3.63) is 59.4 Å². The molecule has 0 saturated carbocycles. The molecule has 1 nitrogen and oxygen atoms in total. The number of hydrogen-bond donors (Lipinski definition) is 0. The average Bonchev–Trinajstić information content (AvgIpc) is 2.32. The van der Waals surface area contributed by atoms with Crippen molar-refractivity contribution >= 4 is 0 Å². The van der Waals surface area contributed by atoms with Crippen LogP contribution in [-0.2, 0) is 5.41 Å². The van der Waals surface area contributed by atoms with Gasteiger partial charge in [0.25, 0.3) is 0 Å². The minimum Gasteiger partial charge on any atom is -0.454 e. The van der Waals surface area contributed by atoms with E-state index in [1.165, 1.54) is 11.6 Å². The fourth-order valence-electron chi connectivity index (χ4n) is 1.84. The van der Waals surface area contributed by atoms with Gasteiger partial charge in [0.2, 0.25) is 0 Å². The van der Waals surface area contributed by atoms with Gasteiger partial charge in [0.15, 0.2) is 11.6 Å². The van der Waals surface area contributed by atoms with Crippen LogP contribution < -0.4 is 4.74 Å². The van der Waals surface area contributed by atoms with Gasteiger partial charge < -0.3 is 4.74 Å². The Morgan fingerprint density at radius 1 is 0.947 bits per heavy atom. The Hall–Kier alpha value is -1.83. The highest BCUT2D eigenvalue weighted by molar-refractivity contribution is 5.36. The van der Waals surface area contributed by atoms with Crippen LogP contribution in [0.3, 0.4) is 0 Å². The van der Waals surface area contributed by atoms with Crippen molar-refractivity contribution in [3.8, 4) is 11.5 Å². The van der Waals surface area contributed by atoms with Gasteiger partial charge in [-0.1, -0.05) is 39.0 Å². The first-order valence-corrected chi connectivity index (χ1v) is 6.41. The zero-order chi connectivity index (χ0) is 14.0. The van der Waals surface area contributed by atoms with Gasteiger partial charge in [-0.05, 0) is 47.7 Å². The Balaban J connectivity index is 2.20. The zero-order valence-corrected chi connectivity index (χ0v) is 11.8. The molecule has 2 aromatic carbocycles. The van der Waals surface area contributed by atoms with Gasteiger partial charge >= 0.3 is 0 Å². The van der Waals surface area contributed by atoms with Crippen molar-refractivity contribution in [1.82, 2.24) is 0 Å². The average molecular weight is 258 g/mol. The lowest BCUT2D eigenvalue weighted by molar-refractivity contribution is 0.441. The standard InChI is InChI=1S/C17H19FO/c1-12-5-10-16(15(18)11-12)19-14-8-6-13(7-9-14)17(2,3)4/h5-11H,1-4H3. The molecule has 19 heavy (non-hydrogen) atoms. The summed E-state index contributed by atoms with van der Waals surface area (Å²) in [6.45, 7) is 8.32. The molecule has 0 bridgehead atoms. The van der Waals surface area contributed by atoms with E-state index in [0.29, 0.717) is 5.75 Å². The Bertz CT molecular complexity index is 565. The summed E-state index contributed by atoms with van der Waals surface area (Å²) in [5, 5.41) is 0. The second kappa shape index (κ2) is 5.04. The summed E-state index contributed by atoms with van der Waals surface area (Å²) in [7, 11) is 0. The molecule has 0 amide bonds. The molecule has 0 spiro atoms. The molecule has 2 aromatic rings. The van der Waals surface area contributed by atoms with Gasteiger partial charge in [-0.15, -0.1) is 0 Å². The van der Waals surface area contributed by atoms with E-state index in [9.17, 15) is 4.39 Å². The molecule has 0 aromatic heterocycles. The molecule has 0 saturated heterocycles. The molecule has 0 atom stereocenters. The highest BCUT2D eigenvalue weighted by atomic mass is 19.1. The number of ether oxygens (including phenoxy) is 1. The van der Waals surface area contributed by atoms with Crippen LogP contribution >= 0.6 is 0 Å². The Morgan fingerprint density at radius 2 is 1.58 bits per heavy atom. The predicted molar refractivity (Wildman–Crippen MR) is 76.4 cm³/mol. The molecule has 0 radical (unpaired) electrons. The predicted octanol–water partition coefficient (Wildman–Crippen LogP) is 5.22. The highest BCUT2D eigenvalue weighted by Crippen LogP contribution is 2.28. The minimum atomic E-state index is -0.333. The van der Waals surface area contributed by atoms with Gasteiger partial charge in [0.1, 0.15) is 5.75 Å². The van der Waals surface area contributed by atoms with Crippen molar-refractivity contribution in [3.63, 3.8) is 0 Å². The molecule has 0 aliphatic carbocycles. The zero-order valence-electron chi connectivity index (χ0n) is 11.8. The maximum atomic E-state index is 13.7. The second-order valence-corrected chi connectivity index (χ2v) is 5.81. The molecule has 0 N–H and O–H groups in total. The lowest BCUT2D eigenvalue weighted by Gasteiger charge is -2.19. The number of hydrogen-bond acceptors (Lipinski definition) is 1. The molecule has 2 rings (SSSR count). The molecule has 0 unspecified atom stereocenters. The molecule has 100 valence electrons. The van der Waals surface area contributed by atoms with E-state index < -0.39 is 0 Å². The van der Waals surface area contributed by atoms with Gasteiger partial charge in [-0.2, -0.15) is 0 Å². The molecule has 0 heterocycles. The maximum Gasteiger partial charge on any atom is 0.165 e. The van der Waals surface area contributed by atoms with E-state index in [2.05, 4.69) is 20.8 Å². The molecule has 0 aliphatic heterocycles. The fraction of sp³-hybridized carbons (Fsp3) is 0.294. The van der Waals surface area contributed by atoms with Crippen LogP contribution in [0.5, 0.6) is 11.5 Å². The van der Waals surface area contributed by atoms with Gasteiger partial charge in [0.05, 0.1) is 0 Å².